The van der Waals surface area contributed by atoms with E-state index >= 15 is 0 Å². The van der Waals surface area contributed by atoms with Crippen LogP contribution in [0, 0.1) is 0 Å². The third-order valence-electron chi connectivity index (χ3n) is 6.41. The number of hydrogen-bond acceptors (Lipinski definition) is 4. The summed E-state index contributed by atoms with van der Waals surface area (Å²) in [5.41, 5.74) is 5.77. The number of aromatic nitrogens is 1. The highest BCUT2D eigenvalue weighted by molar-refractivity contribution is 6.34. The van der Waals surface area contributed by atoms with Gasteiger partial charge in [0.2, 0.25) is 0 Å². The summed E-state index contributed by atoms with van der Waals surface area (Å²) in [6.07, 6.45) is 0.792. The molecule has 2 N–H and O–H groups in total. The Balaban J connectivity index is 1.53. The highest BCUT2D eigenvalue weighted by atomic mass is 35.5. The monoisotopic (exact) mass is 509 g/mol. The summed E-state index contributed by atoms with van der Waals surface area (Å²) in [5.74, 6) is -0.119. The van der Waals surface area contributed by atoms with Gasteiger partial charge in [-0.1, -0.05) is 78.3 Å². The first kappa shape index (κ1) is 24.3. The topological polar surface area (TPSA) is 79.4 Å². The van der Waals surface area contributed by atoms with Gasteiger partial charge in [-0.3, -0.25) is 9.59 Å². The van der Waals surface area contributed by atoms with Crippen LogP contribution in [0.25, 0.3) is 44.3 Å². The Kier molecular flexibility index (Phi) is 6.80. The van der Waals surface area contributed by atoms with Gasteiger partial charge in [-0.25, -0.2) is 0 Å². The molecule has 5 aromatic rings. The molecule has 184 valence electrons. The number of H-pyrrole nitrogens is 1. The van der Waals surface area contributed by atoms with Crippen LogP contribution in [0.3, 0.4) is 0 Å². The molecule has 0 atom stereocenters. The smallest absolute Gasteiger partial charge is 0.305 e. The van der Waals surface area contributed by atoms with Crippen LogP contribution in [0.4, 0.5) is 0 Å². The van der Waals surface area contributed by atoms with Crippen molar-refractivity contribution < 1.29 is 14.6 Å². The number of aromatic hydroxyl groups is 1. The molecule has 0 aliphatic carbocycles. The summed E-state index contributed by atoms with van der Waals surface area (Å²) in [7, 11) is 1.37. The average molecular weight is 510 g/mol. The maximum Gasteiger partial charge on any atom is 0.305 e. The Morgan fingerprint density at radius 3 is 2.32 bits per heavy atom. The molecule has 0 unspecified atom stereocenters. The van der Waals surface area contributed by atoms with Crippen LogP contribution in [0.1, 0.15) is 12.0 Å². The molecule has 0 spiro atoms. The third-order valence-corrected chi connectivity index (χ3v) is 6.72. The Labute approximate surface area is 218 Å². The molecule has 0 fully saturated rings. The molecular weight excluding hydrogens is 486 g/mol. The molecular formula is C31H24ClNO4. The highest BCUT2D eigenvalue weighted by Crippen LogP contribution is 2.37. The van der Waals surface area contributed by atoms with Crippen LogP contribution in [0.2, 0.25) is 5.02 Å². The minimum absolute atomic E-state index is 0.158. The normalized spacial score (nSPS) is 11.0. The van der Waals surface area contributed by atoms with Gasteiger partial charge in [0.15, 0.2) is 0 Å². The van der Waals surface area contributed by atoms with Crippen molar-refractivity contribution in [3.63, 3.8) is 0 Å². The molecule has 5 nitrogen and oxygen atoms in total. The standard InChI is InChI=1S/C31H24ClNO4/c1-37-30(35)13-10-19-6-5-9-21(14-19)26-16-23-15-25(27(32)18-28(23)33-31(26)36)22-11-12-24(29(34)17-22)20-7-3-2-4-8-20/h2-9,11-12,14-18,34H,10,13H2,1H3,(H,33,36). The zero-order chi connectivity index (χ0) is 25.9. The Morgan fingerprint density at radius 1 is 0.838 bits per heavy atom. The molecule has 1 heterocycles. The predicted octanol–water partition coefficient (Wildman–Crippen LogP) is 6.99. The van der Waals surface area contributed by atoms with Gasteiger partial charge in [0, 0.05) is 28.6 Å². The van der Waals surface area contributed by atoms with Crippen molar-refractivity contribution in [3.8, 4) is 39.1 Å². The van der Waals surface area contributed by atoms with Crippen molar-refractivity contribution >= 4 is 28.5 Å². The van der Waals surface area contributed by atoms with E-state index in [4.69, 9.17) is 16.3 Å². The second-order valence-electron chi connectivity index (χ2n) is 8.81. The molecule has 0 bridgehead atoms. The van der Waals surface area contributed by atoms with Gasteiger partial charge in [-0.05, 0) is 58.3 Å². The molecule has 0 saturated heterocycles. The summed E-state index contributed by atoms with van der Waals surface area (Å²) >= 11 is 6.61. The number of fused-ring (bicyclic) bond motifs is 1. The molecule has 6 heteroatoms. The second-order valence-corrected chi connectivity index (χ2v) is 9.21. The first-order valence-corrected chi connectivity index (χ1v) is 12.2. The molecule has 0 amide bonds. The number of pyridine rings is 1. The van der Waals surface area contributed by atoms with Crippen molar-refractivity contribution in [3.05, 3.63) is 112 Å². The number of benzene rings is 4. The minimum Gasteiger partial charge on any atom is -0.507 e. The second kappa shape index (κ2) is 10.3. The number of esters is 1. The largest absolute Gasteiger partial charge is 0.507 e. The Hall–Kier alpha value is -4.35. The summed E-state index contributed by atoms with van der Waals surface area (Å²) < 4.78 is 4.73. The van der Waals surface area contributed by atoms with Crippen molar-refractivity contribution in [2.24, 2.45) is 0 Å². The first-order valence-electron chi connectivity index (χ1n) is 11.8. The van der Waals surface area contributed by atoms with E-state index in [-0.39, 0.29) is 23.7 Å². The highest BCUT2D eigenvalue weighted by Gasteiger charge is 2.13. The molecule has 0 aliphatic heterocycles. The lowest BCUT2D eigenvalue weighted by molar-refractivity contribution is -0.140. The van der Waals surface area contributed by atoms with E-state index in [0.717, 1.165) is 38.8 Å². The summed E-state index contributed by atoms with van der Waals surface area (Å²) in [6.45, 7) is 0. The van der Waals surface area contributed by atoms with Crippen molar-refractivity contribution in [2.75, 3.05) is 7.11 Å². The van der Waals surface area contributed by atoms with Crippen LogP contribution < -0.4 is 5.56 Å². The number of carbonyl (C=O) groups excluding carboxylic acids is 1. The number of ether oxygens (including phenoxy) is 1. The van der Waals surface area contributed by atoms with Gasteiger partial charge in [0.1, 0.15) is 5.75 Å². The number of phenolic OH excluding ortho intramolecular Hbond substituents is 1. The van der Waals surface area contributed by atoms with E-state index in [1.165, 1.54) is 7.11 Å². The predicted molar refractivity (Wildman–Crippen MR) is 148 cm³/mol. The lowest BCUT2D eigenvalue weighted by Gasteiger charge is -2.12. The molecule has 0 aliphatic rings. The van der Waals surface area contributed by atoms with E-state index < -0.39 is 0 Å². The van der Waals surface area contributed by atoms with E-state index in [9.17, 15) is 14.7 Å². The van der Waals surface area contributed by atoms with Gasteiger partial charge in [-0.15, -0.1) is 0 Å². The number of rotatable bonds is 6. The van der Waals surface area contributed by atoms with Crippen molar-refractivity contribution in [1.82, 2.24) is 4.98 Å². The summed E-state index contributed by atoms with van der Waals surface area (Å²) in [6, 6.07) is 28.2. The van der Waals surface area contributed by atoms with Gasteiger partial charge >= 0.3 is 5.97 Å². The fraction of sp³-hybridized carbons (Fsp3) is 0.0968. The molecule has 1 aromatic heterocycles. The van der Waals surface area contributed by atoms with E-state index in [2.05, 4.69) is 4.98 Å². The maximum atomic E-state index is 12.9. The zero-order valence-electron chi connectivity index (χ0n) is 20.1. The molecule has 0 saturated carbocycles. The molecule has 0 radical (unpaired) electrons. The van der Waals surface area contributed by atoms with Crippen molar-refractivity contribution in [2.45, 2.75) is 12.8 Å². The number of phenols is 1. The van der Waals surface area contributed by atoms with Gasteiger partial charge in [0.05, 0.1) is 12.1 Å². The number of halogens is 1. The van der Waals surface area contributed by atoms with Gasteiger partial charge in [-0.2, -0.15) is 0 Å². The SMILES string of the molecule is COC(=O)CCc1cccc(-c2cc3cc(-c4ccc(-c5ccccc5)c(O)c4)c(Cl)cc3[nH]c2=O)c1. The molecule has 5 rings (SSSR count). The fourth-order valence-corrected chi connectivity index (χ4v) is 4.74. The van der Waals surface area contributed by atoms with Crippen LogP contribution in [0.15, 0.2) is 95.8 Å². The zero-order valence-corrected chi connectivity index (χ0v) is 20.9. The number of methoxy groups -OCH3 is 1. The van der Waals surface area contributed by atoms with Crippen LogP contribution in [0.5, 0.6) is 5.75 Å². The first-order chi connectivity index (χ1) is 17.9. The number of carbonyl (C=O) groups is 1. The quantitative estimate of drug-likeness (QED) is 0.242. The maximum absolute atomic E-state index is 12.9. The van der Waals surface area contributed by atoms with E-state index in [1.54, 1.807) is 12.1 Å². The van der Waals surface area contributed by atoms with E-state index in [0.29, 0.717) is 22.5 Å². The van der Waals surface area contributed by atoms with Crippen LogP contribution >= 0.6 is 11.6 Å². The Morgan fingerprint density at radius 2 is 1.57 bits per heavy atom. The van der Waals surface area contributed by atoms with Gasteiger partial charge in [0.25, 0.3) is 5.56 Å². The van der Waals surface area contributed by atoms with Crippen LogP contribution in [-0.4, -0.2) is 23.2 Å². The molecule has 37 heavy (non-hydrogen) atoms. The number of aryl methyl sites for hydroxylation is 1. The fourth-order valence-electron chi connectivity index (χ4n) is 4.47. The lowest BCUT2D eigenvalue weighted by Crippen LogP contribution is -2.09. The molecule has 4 aromatic carbocycles. The summed E-state index contributed by atoms with van der Waals surface area (Å²) in [5, 5.41) is 12.0. The minimum atomic E-state index is -0.277. The number of aromatic amines is 1. The lowest BCUT2D eigenvalue weighted by atomic mass is 9.97. The third kappa shape index (κ3) is 5.13. The van der Waals surface area contributed by atoms with Gasteiger partial charge < -0.3 is 14.8 Å². The summed E-state index contributed by atoms with van der Waals surface area (Å²) in [4.78, 5) is 27.4. The average Bonchev–Trinajstić information content (AvgIpc) is 2.91. The van der Waals surface area contributed by atoms with E-state index in [1.807, 2.05) is 78.9 Å². The Bertz CT molecular complexity index is 1670. The number of hydrogen-bond donors (Lipinski definition) is 2. The number of nitrogens with one attached hydrogen (secondary N) is 1. The van der Waals surface area contributed by atoms with Crippen molar-refractivity contribution in [1.29, 1.82) is 0 Å². The van der Waals surface area contributed by atoms with Crippen LogP contribution in [-0.2, 0) is 16.0 Å².